The molecule has 0 spiro atoms. The third-order valence-electron chi connectivity index (χ3n) is 4.30. The normalized spacial score (nSPS) is 11.0. The molecule has 0 unspecified atom stereocenters. The summed E-state index contributed by atoms with van der Waals surface area (Å²) >= 11 is 1.55. The quantitative estimate of drug-likeness (QED) is 0.312. The molecule has 0 aliphatic heterocycles. The van der Waals surface area contributed by atoms with Crippen LogP contribution in [-0.2, 0) is 11.3 Å². The second-order valence-electron chi connectivity index (χ2n) is 6.59. The Morgan fingerprint density at radius 3 is 2.58 bits per heavy atom. The maximum Gasteiger partial charge on any atom is 0.244 e. The number of nitrogens with zero attached hydrogens (tertiary/aromatic N) is 2. The summed E-state index contributed by atoms with van der Waals surface area (Å²) < 4.78 is 12.3. The molecule has 0 fully saturated rings. The van der Waals surface area contributed by atoms with Gasteiger partial charge in [-0.1, -0.05) is 36.4 Å². The number of amides is 1. The number of pyridine rings is 1. The Morgan fingerprint density at radius 2 is 1.77 bits per heavy atom. The van der Waals surface area contributed by atoms with Crippen molar-refractivity contribution < 1.29 is 14.3 Å². The third-order valence-corrected chi connectivity index (χ3v) is 5.30. The Bertz CT molecular complexity index is 1120. The van der Waals surface area contributed by atoms with E-state index in [0.717, 1.165) is 26.5 Å². The summed E-state index contributed by atoms with van der Waals surface area (Å²) in [7, 11) is 0. The summed E-state index contributed by atoms with van der Waals surface area (Å²) in [5, 5.41) is 3.64. The van der Waals surface area contributed by atoms with Gasteiger partial charge >= 0.3 is 0 Å². The summed E-state index contributed by atoms with van der Waals surface area (Å²) in [5.74, 6) is 1.14. The summed E-state index contributed by atoms with van der Waals surface area (Å²) in [6.45, 7) is 1.21. The van der Waals surface area contributed by atoms with Gasteiger partial charge in [0.05, 0.1) is 10.2 Å². The van der Waals surface area contributed by atoms with E-state index >= 15 is 0 Å². The number of benzene rings is 2. The van der Waals surface area contributed by atoms with Crippen molar-refractivity contribution in [1.82, 2.24) is 15.3 Å². The van der Waals surface area contributed by atoms with Gasteiger partial charge in [0.25, 0.3) is 0 Å². The fourth-order valence-corrected chi connectivity index (χ4v) is 3.65. The van der Waals surface area contributed by atoms with E-state index in [0.29, 0.717) is 25.6 Å². The first-order valence-electron chi connectivity index (χ1n) is 9.83. The molecule has 0 atom stereocenters. The zero-order valence-electron chi connectivity index (χ0n) is 16.7. The standard InChI is InChI=1S/C24H21N3O3S/c28-22(11-13-24-27-20-8-4-5-9-21(20)31-24)25-16-18-10-12-23(26-17-18)30-15-14-29-19-6-2-1-3-7-19/h1-13,17H,14-16H2,(H,25,28)/b13-11+. The van der Waals surface area contributed by atoms with Gasteiger partial charge in [-0.05, 0) is 35.9 Å². The smallest absolute Gasteiger partial charge is 0.244 e. The van der Waals surface area contributed by atoms with Gasteiger partial charge in [-0.2, -0.15) is 0 Å². The van der Waals surface area contributed by atoms with E-state index in [-0.39, 0.29) is 5.91 Å². The van der Waals surface area contributed by atoms with Crippen molar-refractivity contribution in [2.24, 2.45) is 0 Å². The van der Waals surface area contributed by atoms with Crippen molar-refractivity contribution in [3.05, 3.63) is 89.6 Å². The summed E-state index contributed by atoms with van der Waals surface area (Å²) in [4.78, 5) is 20.8. The molecule has 2 aromatic carbocycles. The Balaban J connectivity index is 1.19. The monoisotopic (exact) mass is 431 g/mol. The van der Waals surface area contributed by atoms with Gasteiger partial charge in [0.1, 0.15) is 24.0 Å². The van der Waals surface area contributed by atoms with Crippen LogP contribution in [0.2, 0.25) is 0 Å². The Kier molecular flexibility index (Phi) is 6.87. The lowest BCUT2D eigenvalue weighted by Crippen LogP contribution is -2.20. The van der Waals surface area contributed by atoms with Crippen molar-refractivity contribution >= 4 is 33.5 Å². The van der Waals surface area contributed by atoms with Crippen molar-refractivity contribution in [3.8, 4) is 11.6 Å². The van der Waals surface area contributed by atoms with Crippen LogP contribution in [0, 0.1) is 0 Å². The van der Waals surface area contributed by atoms with Crippen LogP contribution in [-0.4, -0.2) is 29.1 Å². The van der Waals surface area contributed by atoms with Crippen LogP contribution in [0.4, 0.5) is 0 Å². The molecule has 1 amide bonds. The first-order chi connectivity index (χ1) is 15.3. The number of aromatic nitrogens is 2. The molecule has 6 nitrogen and oxygen atoms in total. The van der Waals surface area contributed by atoms with E-state index in [9.17, 15) is 4.79 Å². The number of hydrogen-bond acceptors (Lipinski definition) is 6. The highest BCUT2D eigenvalue weighted by atomic mass is 32.1. The molecule has 0 saturated carbocycles. The maximum atomic E-state index is 12.1. The minimum absolute atomic E-state index is 0.183. The number of rotatable bonds is 9. The number of fused-ring (bicyclic) bond motifs is 1. The number of hydrogen-bond donors (Lipinski definition) is 1. The second-order valence-corrected chi connectivity index (χ2v) is 7.65. The lowest BCUT2D eigenvalue weighted by atomic mass is 10.3. The molecule has 7 heteroatoms. The van der Waals surface area contributed by atoms with E-state index in [4.69, 9.17) is 9.47 Å². The molecular weight excluding hydrogens is 410 g/mol. The summed E-state index contributed by atoms with van der Waals surface area (Å²) in [5.41, 5.74) is 1.82. The number of ether oxygens (including phenoxy) is 2. The molecule has 2 heterocycles. The predicted molar refractivity (Wildman–Crippen MR) is 122 cm³/mol. The van der Waals surface area contributed by atoms with Crippen molar-refractivity contribution in [2.45, 2.75) is 6.54 Å². The number of carbonyl (C=O) groups is 1. The molecule has 2 aromatic heterocycles. The lowest BCUT2D eigenvalue weighted by molar-refractivity contribution is -0.116. The first kappa shape index (κ1) is 20.6. The van der Waals surface area contributed by atoms with Crippen LogP contribution in [0.25, 0.3) is 16.3 Å². The minimum atomic E-state index is -0.183. The molecule has 31 heavy (non-hydrogen) atoms. The number of carbonyl (C=O) groups excluding carboxylic acids is 1. The molecule has 4 rings (SSSR count). The van der Waals surface area contributed by atoms with Crippen LogP contribution < -0.4 is 14.8 Å². The van der Waals surface area contributed by atoms with Gasteiger partial charge < -0.3 is 14.8 Å². The van der Waals surface area contributed by atoms with Crippen LogP contribution in [0.1, 0.15) is 10.6 Å². The van der Waals surface area contributed by atoms with Crippen LogP contribution in [0.3, 0.4) is 0 Å². The van der Waals surface area contributed by atoms with Crippen molar-refractivity contribution in [1.29, 1.82) is 0 Å². The molecule has 0 saturated heterocycles. The molecule has 0 aliphatic rings. The van der Waals surface area contributed by atoms with Crippen LogP contribution in [0.5, 0.6) is 11.6 Å². The summed E-state index contributed by atoms with van der Waals surface area (Å²) in [6.07, 6.45) is 4.91. The molecule has 0 radical (unpaired) electrons. The molecule has 1 N–H and O–H groups in total. The second kappa shape index (κ2) is 10.4. The van der Waals surface area contributed by atoms with E-state index in [1.54, 1.807) is 29.7 Å². The SMILES string of the molecule is O=C(/C=C/c1nc2ccccc2s1)NCc1ccc(OCCOc2ccccc2)nc1. The zero-order chi connectivity index (χ0) is 21.3. The average Bonchev–Trinajstić information content (AvgIpc) is 3.24. The number of nitrogens with one attached hydrogen (secondary N) is 1. The first-order valence-corrected chi connectivity index (χ1v) is 10.6. The highest BCUT2D eigenvalue weighted by Gasteiger charge is 2.02. The minimum Gasteiger partial charge on any atom is -0.490 e. The van der Waals surface area contributed by atoms with Gasteiger partial charge in [-0.25, -0.2) is 9.97 Å². The molecular formula is C24H21N3O3S. The van der Waals surface area contributed by atoms with E-state index in [1.807, 2.05) is 60.7 Å². The van der Waals surface area contributed by atoms with Gasteiger partial charge in [0, 0.05) is 24.9 Å². The van der Waals surface area contributed by atoms with E-state index < -0.39 is 0 Å². The molecule has 0 bridgehead atoms. The zero-order valence-corrected chi connectivity index (χ0v) is 17.5. The summed E-state index contributed by atoms with van der Waals surface area (Å²) in [6, 6.07) is 21.1. The van der Waals surface area contributed by atoms with Gasteiger partial charge in [-0.15, -0.1) is 11.3 Å². The van der Waals surface area contributed by atoms with E-state index in [2.05, 4.69) is 15.3 Å². The fraction of sp³-hybridized carbons (Fsp3) is 0.125. The molecule has 4 aromatic rings. The van der Waals surface area contributed by atoms with Crippen LogP contribution >= 0.6 is 11.3 Å². The predicted octanol–water partition coefficient (Wildman–Crippen LogP) is 4.48. The van der Waals surface area contributed by atoms with Gasteiger partial charge in [-0.3, -0.25) is 4.79 Å². The van der Waals surface area contributed by atoms with Gasteiger partial charge in [0.15, 0.2) is 0 Å². The highest BCUT2D eigenvalue weighted by Crippen LogP contribution is 2.22. The maximum absolute atomic E-state index is 12.1. The fourth-order valence-electron chi connectivity index (χ4n) is 2.78. The largest absolute Gasteiger partial charge is 0.490 e. The van der Waals surface area contributed by atoms with Gasteiger partial charge in [0.2, 0.25) is 11.8 Å². The molecule has 0 aliphatic carbocycles. The van der Waals surface area contributed by atoms with Crippen LogP contribution in [0.15, 0.2) is 79.0 Å². The Labute approximate surface area is 184 Å². The Hall–Kier alpha value is -3.71. The lowest BCUT2D eigenvalue weighted by Gasteiger charge is -2.08. The Morgan fingerprint density at radius 1 is 0.968 bits per heavy atom. The number of thiazole rings is 1. The van der Waals surface area contributed by atoms with Crippen molar-refractivity contribution in [2.75, 3.05) is 13.2 Å². The van der Waals surface area contributed by atoms with Crippen molar-refractivity contribution in [3.63, 3.8) is 0 Å². The number of para-hydroxylation sites is 2. The molecule has 156 valence electrons. The third kappa shape index (κ3) is 6.13. The topological polar surface area (TPSA) is 73.3 Å². The highest BCUT2D eigenvalue weighted by molar-refractivity contribution is 7.19. The average molecular weight is 432 g/mol. The van der Waals surface area contributed by atoms with E-state index in [1.165, 1.54) is 6.08 Å².